The van der Waals surface area contributed by atoms with E-state index in [2.05, 4.69) is 33.3 Å². The zero-order chi connectivity index (χ0) is 31.9. The highest BCUT2D eigenvalue weighted by Crippen LogP contribution is 2.38. The van der Waals surface area contributed by atoms with Crippen LogP contribution in [0, 0.1) is 34.8 Å². The molecule has 1 atom stereocenters. The Morgan fingerprint density at radius 3 is 2.53 bits per heavy atom. The van der Waals surface area contributed by atoms with E-state index in [0.29, 0.717) is 43.1 Å². The van der Waals surface area contributed by atoms with Gasteiger partial charge in [-0.15, -0.1) is 0 Å². The van der Waals surface area contributed by atoms with Gasteiger partial charge in [0.25, 0.3) is 0 Å². The minimum atomic E-state index is -0.850. The molecule has 10 nitrogen and oxygen atoms in total. The topological polar surface area (TPSA) is 110 Å². The quantitative estimate of drug-likeness (QED) is 0.269. The number of halogens is 2. The fourth-order valence-corrected chi connectivity index (χ4v) is 5.40. The second-order valence-electron chi connectivity index (χ2n) is 12.2. The summed E-state index contributed by atoms with van der Waals surface area (Å²) in [6.07, 6.45) is 3.54. The molecule has 12 heteroatoms. The molecule has 1 N–H and O–H groups in total. The van der Waals surface area contributed by atoms with Crippen LogP contribution in [0.5, 0.6) is 5.75 Å². The summed E-state index contributed by atoms with van der Waals surface area (Å²) >= 11 is 0. The van der Waals surface area contributed by atoms with E-state index in [1.165, 1.54) is 12.4 Å². The van der Waals surface area contributed by atoms with Crippen LogP contribution in [0.25, 0.3) is 11.0 Å². The molecule has 2 fully saturated rings. The highest BCUT2D eigenvalue weighted by Gasteiger charge is 2.34. The fraction of sp³-hybridized carbons (Fsp3) is 0.394. The molecule has 0 spiro atoms. The smallest absolute Gasteiger partial charge is 0.410 e. The number of carbonyl (C=O) groups excluding carboxylic acids is 1. The van der Waals surface area contributed by atoms with Gasteiger partial charge >= 0.3 is 6.09 Å². The third-order valence-electron chi connectivity index (χ3n) is 7.81. The van der Waals surface area contributed by atoms with Crippen molar-refractivity contribution < 1.29 is 23.0 Å². The van der Waals surface area contributed by atoms with E-state index in [9.17, 15) is 10.1 Å². The highest BCUT2D eigenvalue weighted by atomic mass is 19.1. The van der Waals surface area contributed by atoms with E-state index >= 15 is 8.78 Å². The number of methoxy groups -OCH3 is 1. The molecule has 3 heterocycles. The molecule has 1 aliphatic carbocycles. The molecule has 6 rings (SSSR count). The predicted molar refractivity (Wildman–Crippen MR) is 163 cm³/mol. The molecule has 1 aliphatic heterocycles. The van der Waals surface area contributed by atoms with Gasteiger partial charge in [-0.1, -0.05) is 18.1 Å². The highest BCUT2D eigenvalue weighted by molar-refractivity contribution is 5.79. The fourth-order valence-electron chi connectivity index (χ4n) is 5.40. The zero-order valence-corrected chi connectivity index (χ0v) is 25.5. The van der Waals surface area contributed by atoms with E-state index in [1.54, 1.807) is 42.0 Å². The number of carbonyl (C=O) groups is 1. The first-order valence-corrected chi connectivity index (χ1v) is 14.8. The summed E-state index contributed by atoms with van der Waals surface area (Å²) in [6.45, 7) is 6.50. The maximum Gasteiger partial charge on any atom is 0.410 e. The van der Waals surface area contributed by atoms with E-state index in [1.807, 2.05) is 24.3 Å². The third kappa shape index (κ3) is 6.14. The van der Waals surface area contributed by atoms with Gasteiger partial charge in [-0.25, -0.2) is 23.2 Å². The molecule has 1 amide bonds. The molecule has 45 heavy (non-hydrogen) atoms. The number of fused-ring (bicyclic) bond motifs is 1. The lowest BCUT2D eigenvalue weighted by Gasteiger charge is -2.24. The summed E-state index contributed by atoms with van der Waals surface area (Å²) in [7, 11) is 1.59. The van der Waals surface area contributed by atoms with Gasteiger partial charge in [-0.2, -0.15) is 10.4 Å². The molecule has 0 bridgehead atoms. The minimum Gasteiger partial charge on any atom is -0.497 e. The van der Waals surface area contributed by atoms with Crippen molar-refractivity contribution in [1.29, 1.82) is 5.26 Å². The number of imidazole rings is 1. The van der Waals surface area contributed by atoms with E-state index in [0.717, 1.165) is 18.4 Å². The summed E-state index contributed by atoms with van der Waals surface area (Å²) in [6, 6.07) is 10.8. The zero-order valence-electron chi connectivity index (χ0n) is 25.5. The predicted octanol–water partition coefficient (Wildman–Crippen LogP) is 5.92. The van der Waals surface area contributed by atoms with Gasteiger partial charge in [0.1, 0.15) is 40.1 Å². The largest absolute Gasteiger partial charge is 0.497 e. The van der Waals surface area contributed by atoms with Gasteiger partial charge in [0.15, 0.2) is 11.5 Å². The molecule has 232 valence electrons. The van der Waals surface area contributed by atoms with Crippen LogP contribution in [0.4, 0.5) is 19.4 Å². The molecule has 0 radical (unpaired) electrons. The normalized spacial score (nSPS) is 16.3. The number of nitrogens with one attached hydrogen (secondary N) is 1. The van der Waals surface area contributed by atoms with Crippen molar-refractivity contribution in [2.75, 3.05) is 25.5 Å². The lowest BCUT2D eigenvalue weighted by atomic mass is 10.1. The first kappa shape index (κ1) is 29.9. The van der Waals surface area contributed by atoms with Crippen molar-refractivity contribution in [3.63, 3.8) is 0 Å². The molecule has 2 aromatic heterocycles. The van der Waals surface area contributed by atoms with Gasteiger partial charge in [0, 0.05) is 31.7 Å². The van der Waals surface area contributed by atoms with E-state index in [4.69, 9.17) is 9.47 Å². The number of hydrogen-bond acceptors (Lipinski definition) is 7. The van der Waals surface area contributed by atoms with Gasteiger partial charge in [0.2, 0.25) is 0 Å². The summed E-state index contributed by atoms with van der Waals surface area (Å²) in [5.74, 6) is 4.78. The van der Waals surface area contributed by atoms with Crippen LogP contribution in [0.3, 0.4) is 0 Å². The van der Waals surface area contributed by atoms with Crippen molar-refractivity contribution in [2.45, 2.75) is 64.3 Å². The SMILES string of the molecule is COc1ccc(CNc2c(C#N)c(C#Cc3c(F)cc4c(ncn4C4CC4)c3F)nn2[C@H]2CCN(C(=O)OC(C)(C)C)C2)cc1. The average molecular weight is 614 g/mol. The monoisotopic (exact) mass is 613 g/mol. The summed E-state index contributed by atoms with van der Waals surface area (Å²) in [5, 5.41) is 18.2. The maximum absolute atomic E-state index is 15.5. The van der Waals surface area contributed by atoms with Crippen LogP contribution in [-0.4, -0.2) is 56.1 Å². The van der Waals surface area contributed by atoms with Crippen molar-refractivity contribution in [3.05, 3.63) is 70.7 Å². The summed E-state index contributed by atoms with van der Waals surface area (Å²) < 4.78 is 44.9. The Balaban J connectivity index is 1.35. The van der Waals surface area contributed by atoms with Crippen LogP contribution in [0.2, 0.25) is 0 Å². The Hall–Kier alpha value is -5.10. The van der Waals surface area contributed by atoms with Crippen molar-refractivity contribution in [2.24, 2.45) is 0 Å². The minimum absolute atomic E-state index is 0.0497. The van der Waals surface area contributed by atoms with Crippen LogP contribution in [0.1, 0.15) is 74.5 Å². The maximum atomic E-state index is 15.5. The Morgan fingerprint density at radius 2 is 1.87 bits per heavy atom. The molecule has 1 saturated heterocycles. The number of nitriles is 1. The third-order valence-corrected chi connectivity index (χ3v) is 7.81. The first-order chi connectivity index (χ1) is 21.6. The van der Waals surface area contributed by atoms with Crippen molar-refractivity contribution >= 4 is 22.9 Å². The standard InChI is InChI=1S/C33H33F2N7O3/c1-33(2,3)45-32(43)40-14-13-22(18-40)42-31(37-17-20-5-9-23(44-4)10-6-20)25(16-36)27(39-42)12-11-24-26(34)15-28-30(29(24)35)38-19-41(28)21-7-8-21/h5-6,9-10,15,19,21-22,37H,7-8,13-14,17-18H2,1-4H3/t22-/m0/s1. The average Bonchev–Trinajstić information content (AvgIpc) is 3.41. The number of anilines is 1. The number of aromatic nitrogens is 4. The number of likely N-dealkylation sites (tertiary alicyclic amines) is 1. The molecule has 2 aliphatic rings. The summed E-state index contributed by atoms with van der Waals surface area (Å²) in [5.41, 5.74) is 0.470. The number of nitrogens with zero attached hydrogens (tertiary/aromatic N) is 6. The van der Waals surface area contributed by atoms with Crippen LogP contribution >= 0.6 is 0 Å². The molecule has 1 saturated carbocycles. The van der Waals surface area contributed by atoms with Gasteiger partial charge in [-0.05, 0) is 63.7 Å². The number of benzene rings is 2. The second-order valence-corrected chi connectivity index (χ2v) is 12.2. The lowest BCUT2D eigenvalue weighted by Crippen LogP contribution is -2.35. The number of amides is 1. The number of hydrogen-bond donors (Lipinski definition) is 1. The molecular formula is C33H33F2N7O3. The lowest BCUT2D eigenvalue weighted by molar-refractivity contribution is 0.0288. The molecule has 4 aromatic rings. The number of ether oxygens (including phenoxy) is 2. The first-order valence-electron chi connectivity index (χ1n) is 14.8. The Labute approximate surface area is 259 Å². The van der Waals surface area contributed by atoms with Crippen molar-refractivity contribution in [1.82, 2.24) is 24.2 Å². The van der Waals surface area contributed by atoms with Crippen LogP contribution < -0.4 is 10.1 Å². The molecular weight excluding hydrogens is 580 g/mol. The van der Waals surface area contributed by atoms with Gasteiger partial charge in [0.05, 0.1) is 30.6 Å². The Bertz CT molecular complexity index is 1870. The molecule has 2 aromatic carbocycles. The Morgan fingerprint density at radius 1 is 1.11 bits per heavy atom. The number of rotatable bonds is 6. The van der Waals surface area contributed by atoms with Crippen LogP contribution in [-0.2, 0) is 11.3 Å². The van der Waals surface area contributed by atoms with Crippen LogP contribution in [0.15, 0.2) is 36.7 Å². The summed E-state index contributed by atoms with van der Waals surface area (Å²) in [4.78, 5) is 18.5. The Kier molecular flexibility index (Phi) is 7.83. The van der Waals surface area contributed by atoms with E-state index < -0.39 is 28.9 Å². The second kappa shape index (κ2) is 11.8. The van der Waals surface area contributed by atoms with Gasteiger partial charge in [-0.3, -0.25) is 0 Å². The van der Waals surface area contributed by atoms with E-state index in [-0.39, 0.29) is 28.9 Å². The van der Waals surface area contributed by atoms with Gasteiger partial charge < -0.3 is 24.3 Å². The van der Waals surface area contributed by atoms with Crippen molar-refractivity contribution in [3.8, 4) is 23.7 Å². The molecule has 0 unspecified atom stereocenters.